The molecule has 0 radical (unpaired) electrons. The van der Waals surface area contributed by atoms with E-state index >= 15 is 0 Å². The van der Waals surface area contributed by atoms with E-state index < -0.39 is 0 Å². The van der Waals surface area contributed by atoms with Crippen LogP contribution < -0.4 is 0 Å². The molecule has 0 unspecified atom stereocenters. The highest BCUT2D eigenvalue weighted by Gasteiger charge is 2.39. The van der Waals surface area contributed by atoms with Crippen LogP contribution >= 0.6 is 11.3 Å². The average molecular weight is 359 g/mol. The molecule has 2 aliphatic heterocycles. The van der Waals surface area contributed by atoms with Crippen molar-refractivity contribution < 1.29 is 4.79 Å². The molecule has 0 saturated carbocycles. The Balaban J connectivity index is 1.37. The van der Waals surface area contributed by atoms with Gasteiger partial charge < -0.3 is 4.90 Å². The van der Waals surface area contributed by atoms with E-state index in [1.54, 1.807) is 11.3 Å². The number of amides is 1. The normalized spacial score (nSPS) is 24.5. The van der Waals surface area contributed by atoms with Gasteiger partial charge in [-0.3, -0.25) is 14.8 Å². The number of hydrogen-bond donors (Lipinski definition) is 1. The molecule has 4 rings (SSSR count). The summed E-state index contributed by atoms with van der Waals surface area (Å²) < 4.78 is 0. The summed E-state index contributed by atoms with van der Waals surface area (Å²) in [6.45, 7) is 5.96. The fraction of sp³-hybridized carbons (Fsp3) is 0.579. The van der Waals surface area contributed by atoms with E-state index in [1.165, 1.54) is 4.88 Å². The van der Waals surface area contributed by atoms with E-state index in [9.17, 15) is 4.79 Å². The van der Waals surface area contributed by atoms with Gasteiger partial charge in [-0.2, -0.15) is 5.10 Å². The maximum absolute atomic E-state index is 12.5. The van der Waals surface area contributed by atoms with Gasteiger partial charge in [0.25, 0.3) is 0 Å². The lowest BCUT2D eigenvalue weighted by molar-refractivity contribution is -0.141. The van der Waals surface area contributed by atoms with Crippen molar-refractivity contribution in [2.45, 2.75) is 45.2 Å². The Morgan fingerprint density at radius 3 is 3.08 bits per heavy atom. The Morgan fingerprint density at radius 2 is 2.32 bits per heavy atom. The first-order valence-electron chi connectivity index (χ1n) is 9.24. The first kappa shape index (κ1) is 16.8. The molecule has 5 nitrogen and oxygen atoms in total. The number of H-pyrrole nitrogens is 1. The number of carbonyl (C=O) groups excluding carboxylic acids is 1. The Hall–Kier alpha value is -1.66. The van der Waals surface area contributed by atoms with E-state index in [0.29, 0.717) is 24.3 Å². The number of likely N-dealkylation sites (tertiary alicyclic amines) is 2. The predicted molar refractivity (Wildman–Crippen MR) is 99.5 cm³/mol. The van der Waals surface area contributed by atoms with E-state index in [-0.39, 0.29) is 0 Å². The topological polar surface area (TPSA) is 52.2 Å². The van der Waals surface area contributed by atoms with Gasteiger partial charge >= 0.3 is 0 Å². The number of aromatic nitrogens is 2. The molecular formula is C19H26N4OS. The molecule has 2 fully saturated rings. The number of thiophene rings is 1. The van der Waals surface area contributed by atoms with Crippen LogP contribution in [0.4, 0.5) is 0 Å². The third-order valence-corrected chi connectivity index (χ3v) is 6.49. The number of fused-ring (bicyclic) bond motifs is 1. The van der Waals surface area contributed by atoms with Crippen molar-refractivity contribution in [3.63, 3.8) is 0 Å². The fourth-order valence-corrected chi connectivity index (χ4v) is 5.03. The molecule has 2 aromatic rings. The van der Waals surface area contributed by atoms with Crippen LogP contribution in [0.3, 0.4) is 0 Å². The van der Waals surface area contributed by atoms with Gasteiger partial charge in [0.05, 0.1) is 5.69 Å². The Bertz CT molecular complexity index is 711. The molecule has 2 atom stereocenters. The molecule has 4 heterocycles. The maximum Gasteiger partial charge on any atom is 0.222 e. The lowest BCUT2D eigenvalue weighted by atomic mass is 9.83. The summed E-state index contributed by atoms with van der Waals surface area (Å²) >= 11 is 1.79. The van der Waals surface area contributed by atoms with E-state index in [1.807, 2.05) is 6.92 Å². The first-order valence-corrected chi connectivity index (χ1v) is 10.1. The molecule has 1 amide bonds. The highest BCUT2D eigenvalue weighted by atomic mass is 32.1. The lowest BCUT2D eigenvalue weighted by Crippen LogP contribution is -2.56. The zero-order valence-corrected chi connectivity index (χ0v) is 15.6. The summed E-state index contributed by atoms with van der Waals surface area (Å²) in [5, 5.41) is 9.51. The molecule has 25 heavy (non-hydrogen) atoms. The summed E-state index contributed by atoms with van der Waals surface area (Å²) in [4.78, 5) is 18.6. The van der Waals surface area contributed by atoms with Crippen molar-refractivity contribution >= 4 is 17.2 Å². The number of hydrogen-bond acceptors (Lipinski definition) is 4. The largest absolute Gasteiger partial charge is 0.339 e. The van der Waals surface area contributed by atoms with Crippen molar-refractivity contribution in [1.82, 2.24) is 20.0 Å². The summed E-state index contributed by atoms with van der Waals surface area (Å²) in [6, 6.07) is 6.82. The van der Waals surface area contributed by atoms with Crippen LogP contribution in [0, 0.1) is 12.8 Å². The number of aryl methyl sites for hydroxylation is 1. The van der Waals surface area contributed by atoms with Gasteiger partial charge in [0.2, 0.25) is 5.91 Å². The highest BCUT2D eigenvalue weighted by Crippen LogP contribution is 2.32. The number of piperidine rings is 2. The smallest absolute Gasteiger partial charge is 0.222 e. The number of nitrogens with one attached hydrogen (secondary N) is 1. The SMILES string of the molecule is Cc1cc(CN2CC[C@@H]3[C@@H](CCC(=O)N3CCc3cccs3)C2)n[nH]1. The van der Waals surface area contributed by atoms with Crippen LogP contribution in [0.5, 0.6) is 0 Å². The molecule has 0 aromatic carbocycles. The molecular weight excluding hydrogens is 332 g/mol. The van der Waals surface area contributed by atoms with Crippen LogP contribution in [-0.4, -0.2) is 51.6 Å². The molecule has 2 aromatic heterocycles. The van der Waals surface area contributed by atoms with Gasteiger partial charge in [-0.25, -0.2) is 0 Å². The third-order valence-electron chi connectivity index (χ3n) is 5.55. The second-order valence-electron chi connectivity index (χ2n) is 7.35. The van der Waals surface area contributed by atoms with Crippen molar-refractivity contribution in [1.29, 1.82) is 0 Å². The summed E-state index contributed by atoms with van der Waals surface area (Å²) in [5.74, 6) is 0.962. The second-order valence-corrected chi connectivity index (χ2v) is 8.38. The molecule has 6 heteroatoms. The number of nitrogens with zero attached hydrogens (tertiary/aromatic N) is 3. The van der Waals surface area contributed by atoms with Crippen molar-refractivity contribution in [2.24, 2.45) is 5.92 Å². The molecule has 0 spiro atoms. The van der Waals surface area contributed by atoms with Crippen molar-refractivity contribution in [2.75, 3.05) is 19.6 Å². The van der Waals surface area contributed by atoms with Gasteiger partial charge in [0, 0.05) is 49.2 Å². The lowest BCUT2D eigenvalue weighted by Gasteiger charge is -2.47. The monoisotopic (exact) mass is 358 g/mol. The zero-order chi connectivity index (χ0) is 17.2. The Morgan fingerprint density at radius 1 is 1.40 bits per heavy atom. The van der Waals surface area contributed by atoms with Crippen LogP contribution in [-0.2, 0) is 17.8 Å². The van der Waals surface area contributed by atoms with Crippen LogP contribution in [0.25, 0.3) is 0 Å². The molecule has 0 aliphatic carbocycles. The average Bonchev–Trinajstić information content (AvgIpc) is 3.26. The second kappa shape index (κ2) is 7.30. The predicted octanol–water partition coefficient (Wildman–Crippen LogP) is 2.84. The maximum atomic E-state index is 12.5. The quantitative estimate of drug-likeness (QED) is 0.894. The van der Waals surface area contributed by atoms with E-state index in [2.05, 4.69) is 43.6 Å². The summed E-state index contributed by atoms with van der Waals surface area (Å²) in [5.41, 5.74) is 2.24. The summed E-state index contributed by atoms with van der Waals surface area (Å²) in [7, 11) is 0. The standard InChI is InChI=1S/C19H26N4OS/c1-14-11-16(21-20-14)13-22-8-7-18-15(12-22)4-5-19(24)23(18)9-6-17-3-2-10-25-17/h2-3,10-11,15,18H,4-9,12-13H2,1H3,(H,20,21)/t15-,18+/m0/s1. The van der Waals surface area contributed by atoms with E-state index in [0.717, 1.165) is 56.8 Å². The van der Waals surface area contributed by atoms with Gasteiger partial charge in [-0.05, 0) is 49.6 Å². The molecule has 1 N–H and O–H groups in total. The van der Waals surface area contributed by atoms with Gasteiger partial charge in [0.15, 0.2) is 0 Å². The highest BCUT2D eigenvalue weighted by molar-refractivity contribution is 7.09. The molecule has 2 saturated heterocycles. The van der Waals surface area contributed by atoms with Gasteiger partial charge in [-0.15, -0.1) is 11.3 Å². The summed E-state index contributed by atoms with van der Waals surface area (Å²) in [6.07, 6.45) is 3.82. The minimum atomic E-state index is 0.356. The number of aromatic amines is 1. The van der Waals surface area contributed by atoms with Crippen LogP contribution in [0.15, 0.2) is 23.6 Å². The van der Waals surface area contributed by atoms with E-state index in [4.69, 9.17) is 0 Å². The number of carbonyl (C=O) groups is 1. The first-order chi connectivity index (χ1) is 12.2. The van der Waals surface area contributed by atoms with Gasteiger partial charge in [-0.1, -0.05) is 6.07 Å². The minimum absolute atomic E-state index is 0.356. The Kier molecular flexibility index (Phi) is 4.90. The van der Waals surface area contributed by atoms with Crippen molar-refractivity contribution in [3.8, 4) is 0 Å². The van der Waals surface area contributed by atoms with Gasteiger partial charge in [0.1, 0.15) is 0 Å². The van der Waals surface area contributed by atoms with Crippen LogP contribution in [0.1, 0.15) is 35.5 Å². The van der Waals surface area contributed by atoms with Crippen LogP contribution in [0.2, 0.25) is 0 Å². The number of rotatable bonds is 5. The third kappa shape index (κ3) is 3.80. The Labute approximate surface area is 153 Å². The molecule has 2 aliphatic rings. The molecule has 134 valence electrons. The minimum Gasteiger partial charge on any atom is -0.339 e. The zero-order valence-electron chi connectivity index (χ0n) is 14.8. The molecule has 0 bridgehead atoms. The fourth-order valence-electron chi connectivity index (χ4n) is 4.33. The van der Waals surface area contributed by atoms with Crippen molar-refractivity contribution in [3.05, 3.63) is 39.8 Å².